The van der Waals surface area contributed by atoms with Gasteiger partial charge >= 0.3 is 0 Å². The molecule has 2 atom stereocenters. The summed E-state index contributed by atoms with van der Waals surface area (Å²) in [7, 11) is 0. The van der Waals surface area contributed by atoms with E-state index in [0.29, 0.717) is 12.0 Å². The Labute approximate surface area is 91.6 Å². The van der Waals surface area contributed by atoms with E-state index in [9.17, 15) is 0 Å². The second-order valence-electron chi connectivity index (χ2n) is 4.95. The first-order valence-electron chi connectivity index (χ1n) is 6.06. The van der Waals surface area contributed by atoms with Gasteiger partial charge in [-0.2, -0.15) is 5.26 Å². The molecule has 0 aromatic heterocycles. The summed E-state index contributed by atoms with van der Waals surface area (Å²) in [5, 5.41) is 9.05. The fourth-order valence-corrected chi connectivity index (χ4v) is 2.57. The fourth-order valence-electron chi connectivity index (χ4n) is 2.57. The zero-order valence-electron chi connectivity index (χ0n) is 9.24. The van der Waals surface area contributed by atoms with E-state index < -0.39 is 5.54 Å². The van der Waals surface area contributed by atoms with Gasteiger partial charge in [0.2, 0.25) is 0 Å². The van der Waals surface area contributed by atoms with Crippen LogP contribution in [0, 0.1) is 17.2 Å². The maximum atomic E-state index is 9.05. The SMILES string of the molecule is N#CC1(N)CCCC1CCOC1CCC1. The molecule has 2 saturated carbocycles. The van der Waals surface area contributed by atoms with Crippen molar-refractivity contribution in [3.63, 3.8) is 0 Å². The Bertz CT molecular complexity index is 257. The van der Waals surface area contributed by atoms with Crippen molar-refractivity contribution < 1.29 is 4.74 Å². The van der Waals surface area contributed by atoms with Gasteiger partial charge in [0.1, 0.15) is 5.54 Å². The Kier molecular flexibility index (Phi) is 3.28. The third-order valence-corrected chi connectivity index (χ3v) is 3.95. The molecule has 2 aliphatic rings. The third kappa shape index (κ3) is 2.32. The lowest BCUT2D eigenvalue weighted by Crippen LogP contribution is -2.42. The third-order valence-electron chi connectivity index (χ3n) is 3.95. The van der Waals surface area contributed by atoms with E-state index in [2.05, 4.69) is 6.07 Å². The van der Waals surface area contributed by atoms with Crippen LogP contribution in [0.1, 0.15) is 44.9 Å². The minimum atomic E-state index is -0.566. The van der Waals surface area contributed by atoms with Crippen LogP contribution < -0.4 is 5.73 Å². The van der Waals surface area contributed by atoms with Gasteiger partial charge in [-0.1, -0.05) is 6.42 Å². The number of nitriles is 1. The zero-order valence-corrected chi connectivity index (χ0v) is 9.24. The van der Waals surface area contributed by atoms with Gasteiger partial charge in [-0.3, -0.25) is 0 Å². The lowest BCUT2D eigenvalue weighted by molar-refractivity contribution is -0.00512. The average Bonchev–Trinajstić information content (AvgIpc) is 2.53. The van der Waals surface area contributed by atoms with E-state index in [-0.39, 0.29) is 0 Å². The van der Waals surface area contributed by atoms with Crippen LogP contribution in [0.4, 0.5) is 0 Å². The summed E-state index contributed by atoms with van der Waals surface area (Å²) in [6, 6.07) is 2.28. The predicted molar refractivity (Wildman–Crippen MR) is 58.1 cm³/mol. The van der Waals surface area contributed by atoms with Crippen molar-refractivity contribution in [1.82, 2.24) is 0 Å². The van der Waals surface area contributed by atoms with E-state index in [1.807, 2.05) is 0 Å². The first-order chi connectivity index (χ1) is 7.24. The summed E-state index contributed by atoms with van der Waals surface area (Å²) in [5.74, 6) is 0.350. The van der Waals surface area contributed by atoms with Gasteiger partial charge in [0.05, 0.1) is 12.2 Å². The van der Waals surface area contributed by atoms with Crippen molar-refractivity contribution in [2.24, 2.45) is 11.7 Å². The van der Waals surface area contributed by atoms with E-state index in [1.165, 1.54) is 19.3 Å². The monoisotopic (exact) mass is 208 g/mol. The maximum Gasteiger partial charge on any atom is 0.107 e. The lowest BCUT2D eigenvalue weighted by atomic mass is 9.87. The second kappa shape index (κ2) is 4.51. The van der Waals surface area contributed by atoms with Crippen molar-refractivity contribution in [2.75, 3.05) is 6.61 Å². The van der Waals surface area contributed by atoms with Gasteiger partial charge in [-0.15, -0.1) is 0 Å². The van der Waals surface area contributed by atoms with E-state index in [4.69, 9.17) is 15.7 Å². The van der Waals surface area contributed by atoms with Gasteiger partial charge in [0.25, 0.3) is 0 Å². The number of hydrogen-bond acceptors (Lipinski definition) is 3. The molecule has 0 spiro atoms. The van der Waals surface area contributed by atoms with Gasteiger partial charge in [0, 0.05) is 6.61 Å². The Hall–Kier alpha value is -0.590. The van der Waals surface area contributed by atoms with E-state index in [1.54, 1.807) is 0 Å². The second-order valence-corrected chi connectivity index (χ2v) is 4.95. The number of rotatable bonds is 4. The molecular formula is C12H20N2O. The molecule has 0 heterocycles. The van der Waals surface area contributed by atoms with Crippen molar-refractivity contribution in [2.45, 2.75) is 56.6 Å². The summed E-state index contributed by atoms with van der Waals surface area (Å²) in [4.78, 5) is 0. The van der Waals surface area contributed by atoms with Gasteiger partial charge in [-0.05, 0) is 44.4 Å². The van der Waals surface area contributed by atoms with Crippen LogP contribution in [0.3, 0.4) is 0 Å². The molecule has 0 aromatic rings. The number of hydrogen-bond donors (Lipinski definition) is 1. The van der Waals surface area contributed by atoms with Crippen LogP contribution in [0.5, 0.6) is 0 Å². The van der Waals surface area contributed by atoms with Gasteiger partial charge in [0.15, 0.2) is 0 Å². The molecular weight excluding hydrogens is 188 g/mol. The quantitative estimate of drug-likeness (QED) is 0.768. The first-order valence-corrected chi connectivity index (χ1v) is 6.06. The highest BCUT2D eigenvalue weighted by atomic mass is 16.5. The molecule has 0 saturated heterocycles. The highest BCUT2D eigenvalue weighted by molar-refractivity contribution is 5.11. The summed E-state index contributed by atoms with van der Waals surface area (Å²) in [5.41, 5.74) is 5.48. The average molecular weight is 208 g/mol. The molecule has 2 unspecified atom stereocenters. The first kappa shape index (κ1) is 10.9. The smallest absolute Gasteiger partial charge is 0.107 e. The summed E-state index contributed by atoms with van der Waals surface area (Å²) in [6.07, 6.45) is 8.26. The minimum Gasteiger partial charge on any atom is -0.378 e. The van der Waals surface area contributed by atoms with E-state index >= 15 is 0 Å². The normalized spacial score (nSPS) is 36.1. The molecule has 84 valence electrons. The molecule has 0 bridgehead atoms. The fraction of sp³-hybridized carbons (Fsp3) is 0.917. The van der Waals surface area contributed by atoms with Crippen LogP contribution in [0.2, 0.25) is 0 Å². The topological polar surface area (TPSA) is 59.0 Å². The van der Waals surface area contributed by atoms with Crippen LogP contribution >= 0.6 is 0 Å². The Morgan fingerprint density at radius 3 is 2.73 bits per heavy atom. The minimum absolute atomic E-state index is 0.350. The summed E-state index contributed by atoms with van der Waals surface area (Å²) in [6.45, 7) is 0.788. The molecule has 0 aliphatic heterocycles. The Balaban J connectivity index is 1.71. The van der Waals surface area contributed by atoms with Gasteiger partial charge in [-0.25, -0.2) is 0 Å². The molecule has 0 radical (unpaired) electrons. The summed E-state index contributed by atoms with van der Waals surface area (Å²) < 4.78 is 5.71. The number of ether oxygens (including phenoxy) is 1. The Morgan fingerprint density at radius 1 is 1.33 bits per heavy atom. The number of nitrogens with zero attached hydrogens (tertiary/aromatic N) is 1. The molecule has 2 N–H and O–H groups in total. The Morgan fingerprint density at radius 2 is 2.13 bits per heavy atom. The van der Waals surface area contributed by atoms with Crippen molar-refractivity contribution in [3.05, 3.63) is 0 Å². The largest absolute Gasteiger partial charge is 0.378 e. The van der Waals surface area contributed by atoms with Crippen molar-refractivity contribution >= 4 is 0 Å². The summed E-state index contributed by atoms with van der Waals surface area (Å²) >= 11 is 0. The molecule has 2 fully saturated rings. The highest BCUT2D eigenvalue weighted by Gasteiger charge is 2.39. The molecule has 15 heavy (non-hydrogen) atoms. The highest BCUT2D eigenvalue weighted by Crippen LogP contribution is 2.35. The molecule has 2 aliphatic carbocycles. The van der Waals surface area contributed by atoms with Crippen LogP contribution in [-0.2, 0) is 4.74 Å². The molecule has 2 rings (SSSR count). The van der Waals surface area contributed by atoms with Crippen LogP contribution in [0.25, 0.3) is 0 Å². The van der Waals surface area contributed by atoms with Crippen LogP contribution in [0.15, 0.2) is 0 Å². The van der Waals surface area contributed by atoms with E-state index in [0.717, 1.165) is 32.3 Å². The lowest BCUT2D eigenvalue weighted by Gasteiger charge is -2.28. The van der Waals surface area contributed by atoms with Crippen molar-refractivity contribution in [1.29, 1.82) is 5.26 Å². The molecule has 3 nitrogen and oxygen atoms in total. The molecule has 3 heteroatoms. The van der Waals surface area contributed by atoms with Crippen molar-refractivity contribution in [3.8, 4) is 6.07 Å². The zero-order chi connectivity index (χ0) is 10.7. The predicted octanol–water partition coefficient (Wildman–Crippen LogP) is 1.97. The molecule has 0 aromatic carbocycles. The standard InChI is InChI=1S/C12H20N2O/c13-9-12(14)7-2-3-10(12)6-8-15-11-4-1-5-11/h10-11H,1-8,14H2. The number of nitrogens with two attached hydrogens (primary N) is 1. The van der Waals surface area contributed by atoms with Crippen LogP contribution in [-0.4, -0.2) is 18.2 Å². The molecule has 0 amide bonds. The maximum absolute atomic E-state index is 9.05. The van der Waals surface area contributed by atoms with Gasteiger partial charge < -0.3 is 10.5 Å².